The summed E-state index contributed by atoms with van der Waals surface area (Å²) < 4.78 is 5.25. The molecule has 5 aliphatic heterocycles. The maximum absolute atomic E-state index is 13.1. The molecule has 1 unspecified atom stereocenters. The minimum Gasteiger partial charge on any atom is -0.497 e. The Hall–Kier alpha value is -10.0. The largest absolute Gasteiger partial charge is 0.497 e. The quantitative estimate of drug-likeness (QED) is 0.0450. The topological polar surface area (TPSA) is 194 Å². The monoisotopic (exact) mass is 1580 g/mol. The minimum atomic E-state index is -0.0863. The van der Waals surface area contributed by atoms with Gasteiger partial charge in [-0.15, -0.1) is 6.58 Å². The van der Waals surface area contributed by atoms with Gasteiger partial charge in [-0.05, 0) is 236 Å². The number of carbonyl (C=O) groups excluding carboxylic acids is 4. The lowest BCUT2D eigenvalue weighted by molar-refractivity contribution is -0.135. The van der Waals surface area contributed by atoms with Crippen LogP contribution in [0, 0.1) is 23.7 Å². The van der Waals surface area contributed by atoms with Crippen molar-refractivity contribution in [2.75, 3.05) is 119 Å². The van der Waals surface area contributed by atoms with Crippen molar-refractivity contribution in [1.82, 2.24) is 69.4 Å². The fourth-order valence-corrected chi connectivity index (χ4v) is 20.9. The van der Waals surface area contributed by atoms with Crippen molar-refractivity contribution in [3.8, 4) is 5.75 Å². The molecule has 5 aromatic carbocycles. The summed E-state index contributed by atoms with van der Waals surface area (Å²) >= 11 is 0. The summed E-state index contributed by atoms with van der Waals surface area (Å²) in [5, 5.41) is 10.2. The number of methoxy groups -OCH3 is 1. The molecule has 9 aliphatic rings. The predicted octanol–water partition coefficient (Wildman–Crippen LogP) is 15.7. The molecule has 19 nitrogen and oxygen atoms in total. The second-order valence-electron chi connectivity index (χ2n) is 33.1. The lowest BCUT2D eigenvalue weighted by Gasteiger charge is -2.42. The molecule has 0 spiro atoms. The summed E-state index contributed by atoms with van der Waals surface area (Å²) in [6, 6.07) is 34.0. The third-order valence-electron chi connectivity index (χ3n) is 26.9. The highest BCUT2D eigenvalue weighted by Gasteiger charge is 2.43. The molecule has 5 aromatic heterocycles. The second kappa shape index (κ2) is 35.7. The summed E-state index contributed by atoms with van der Waals surface area (Å²) in [4.78, 5) is 86.7. The van der Waals surface area contributed by atoms with Gasteiger partial charge in [-0.2, -0.15) is 0 Å². The average molecular weight is 1580 g/mol. The molecule has 0 radical (unpaired) electrons. The standard InChI is InChI=1S/C22H29N3O.C22H27N3O.C21H27N3O.C20H25N3O.C13H16N2O/c2*1-4-10-25-14-16(22(26)24(5-2)6-3)11-18-17-8-7-9-19-21(17)15(13-23-19)12-20(18)25;1-4-23(5-2)21(25)15-10-17-16-8-7-9-18-20(16)14(12-22-18)11-19(17)24(6-3)13-15;1-4-23(5-2)20(24)14-9-16-15-7-6-8-17-19(15)13(11-21-17)10-18(16)22(3)12-14;1-8-13-11(5-6-14-8)10-4-3-9(16-2)7-12(10)15-13/h7-9,11,13,16,20,23H,4-6,10,12,14H2,1-3H3;4,7-9,11,13,16,20,23H,1,5-6,10,12,14H2,2-3H3;7-10,12,15,19,22H,4-6,11,13H2,1-3H3;6-9,11,14,18,21H,4-5,10,12H2,1-3H3;3-4,7-8,14-15H,5-6H2,1-2H3/t2*16-,20-;15-,19-;14-,18-;/m1111./s1. The molecule has 616 valence electrons. The van der Waals surface area contributed by atoms with Crippen molar-refractivity contribution >= 4 is 100 Å². The number of likely N-dealkylation sites (N-methyl/N-ethyl adjacent to an activating group) is 2. The molecular formula is C98H124N14O5. The number of hydrogen-bond donors (Lipinski definition) is 6. The molecule has 19 heteroatoms. The van der Waals surface area contributed by atoms with E-state index < -0.39 is 0 Å². The number of rotatable bonds is 18. The molecule has 9 atom stereocenters. The van der Waals surface area contributed by atoms with E-state index in [1.807, 2.05) is 31.7 Å². The molecule has 10 aromatic rings. The van der Waals surface area contributed by atoms with Crippen molar-refractivity contribution in [1.29, 1.82) is 0 Å². The van der Waals surface area contributed by atoms with E-state index in [1.54, 1.807) is 7.11 Å². The number of hydrogen-bond acceptors (Lipinski definition) is 10. The van der Waals surface area contributed by atoms with Crippen molar-refractivity contribution in [3.63, 3.8) is 0 Å². The second-order valence-corrected chi connectivity index (χ2v) is 33.1. The number of nitrogens with zero attached hydrogens (tertiary/aromatic N) is 8. The number of carbonyl (C=O) groups is 4. The van der Waals surface area contributed by atoms with Crippen LogP contribution in [0.5, 0.6) is 5.75 Å². The highest BCUT2D eigenvalue weighted by atomic mass is 16.5. The van der Waals surface area contributed by atoms with E-state index in [0.717, 1.165) is 149 Å². The van der Waals surface area contributed by atoms with E-state index in [0.29, 0.717) is 30.2 Å². The fraction of sp³-hybridized carbons (Fsp3) is 0.449. The maximum atomic E-state index is 13.1. The van der Waals surface area contributed by atoms with Gasteiger partial charge < -0.3 is 54.6 Å². The van der Waals surface area contributed by atoms with E-state index in [2.05, 4.69) is 274 Å². The van der Waals surface area contributed by atoms with E-state index in [-0.39, 0.29) is 47.3 Å². The molecule has 117 heavy (non-hydrogen) atoms. The average Bonchev–Trinajstić information content (AvgIpc) is 1.73. The molecular weight excluding hydrogens is 1450 g/mol. The van der Waals surface area contributed by atoms with Crippen LogP contribution in [0.15, 0.2) is 153 Å². The van der Waals surface area contributed by atoms with Crippen molar-refractivity contribution < 1.29 is 23.9 Å². The Morgan fingerprint density at radius 3 is 1.22 bits per heavy atom. The van der Waals surface area contributed by atoms with Gasteiger partial charge in [0, 0.05) is 206 Å². The van der Waals surface area contributed by atoms with E-state index in [4.69, 9.17) is 4.74 Å². The predicted molar refractivity (Wildman–Crippen MR) is 479 cm³/mol. The zero-order chi connectivity index (χ0) is 82.0. The summed E-state index contributed by atoms with van der Waals surface area (Å²) in [5.41, 5.74) is 24.9. The first-order valence-corrected chi connectivity index (χ1v) is 43.8. The molecule has 0 fully saturated rings. The Balaban J connectivity index is 0.000000115. The lowest BCUT2D eigenvalue weighted by atomic mass is 9.79. The van der Waals surface area contributed by atoms with Gasteiger partial charge in [0.25, 0.3) is 0 Å². The third-order valence-corrected chi connectivity index (χ3v) is 26.9. The molecule has 0 bridgehead atoms. The van der Waals surface area contributed by atoms with Crippen LogP contribution in [0.4, 0.5) is 0 Å². The summed E-state index contributed by atoms with van der Waals surface area (Å²) in [5.74, 6) is 1.73. The first-order valence-electron chi connectivity index (χ1n) is 43.8. The zero-order valence-corrected chi connectivity index (χ0v) is 71.4. The van der Waals surface area contributed by atoms with Gasteiger partial charge in [-0.3, -0.25) is 38.8 Å². The number of H-pyrrole nitrogens is 5. The molecule has 0 saturated heterocycles. The van der Waals surface area contributed by atoms with E-state index in [9.17, 15) is 19.2 Å². The molecule has 19 rings (SSSR count). The van der Waals surface area contributed by atoms with Crippen LogP contribution >= 0.6 is 0 Å². The van der Waals surface area contributed by atoms with Gasteiger partial charge in [-0.1, -0.05) is 92.8 Å². The van der Waals surface area contributed by atoms with Gasteiger partial charge in [0.1, 0.15) is 5.75 Å². The van der Waals surface area contributed by atoms with Crippen LogP contribution < -0.4 is 10.1 Å². The first-order chi connectivity index (χ1) is 56.9. The Morgan fingerprint density at radius 2 is 0.838 bits per heavy atom. The van der Waals surface area contributed by atoms with Gasteiger partial charge >= 0.3 is 0 Å². The van der Waals surface area contributed by atoms with Crippen LogP contribution in [0.3, 0.4) is 0 Å². The highest BCUT2D eigenvalue weighted by Crippen LogP contribution is 2.47. The van der Waals surface area contributed by atoms with Crippen LogP contribution in [0.2, 0.25) is 0 Å². The molecule has 4 amide bonds. The number of nitrogens with one attached hydrogen (secondary N) is 6. The van der Waals surface area contributed by atoms with Gasteiger partial charge in [0.05, 0.1) is 30.8 Å². The van der Waals surface area contributed by atoms with Crippen LogP contribution in [0.1, 0.15) is 144 Å². The smallest absolute Gasteiger partial charge is 0.230 e. The molecule has 10 heterocycles. The number of ether oxygens (including phenoxy) is 1. The van der Waals surface area contributed by atoms with Gasteiger partial charge in [0.2, 0.25) is 23.6 Å². The molecule has 6 N–H and O–H groups in total. The normalized spacial score (nSPS) is 22.1. The van der Waals surface area contributed by atoms with Gasteiger partial charge in [0.15, 0.2) is 0 Å². The summed E-state index contributed by atoms with van der Waals surface area (Å²) in [6.45, 7) is 40.4. The fourth-order valence-electron chi connectivity index (χ4n) is 20.9. The SMILES string of the molecule is C=CCN1C[C@H](C(=O)N(CC)CC)C=C2c3cccc4[nH]cc(c34)C[C@H]21.CCCN1C[C@H](C(=O)N(CC)CC)C=C2c3cccc4[nH]cc(c34)C[C@H]21.CCN(CC)C(=O)[C@@H]1C=C2c3cccc4[nH]cc(c34)C[C@H]2N(C)C1.CCN(CC)C(=O)[C@@H]1C=C2c3cccc4[nH]cc(c34)C[C@H]2N(CC)C1.COc1ccc2c3c([nH]c2c1)C(C)NCC3. The Kier molecular flexibility index (Phi) is 25.0. The maximum Gasteiger partial charge on any atom is 0.230 e. The summed E-state index contributed by atoms with van der Waals surface area (Å²) in [7, 11) is 3.85. The molecule has 0 saturated carbocycles. The molecule has 4 aliphatic carbocycles. The van der Waals surface area contributed by atoms with Crippen molar-refractivity contribution in [2.45, 2.75) is 145 Å². The van der Waals surface area contributed by atoms with Gasteiger partial charge in [-0.25, -0.2) is 0 Å². The van der Waals surface area contributed by atoms with Crippen LogP contribution in [0.25, 0.3) is 76.8 Å². The summed E-state index contributed by atoms with van der Waals surface area (Å²) in [6.07, 6.45) is 25.9. The minimum absolute atomic E-state index is 0.0385. The first kappa shape index (κ1) is 82.1. The van der Waals surface area contributed by atoms with E-state index in [1.165, 1.54) is 133 Å². The van der Waals surface area contributed by atoms with Crippen LogP contribution in [-0.4, -0.2) is 231 Å². The van der Waals surface area contributed by atoms with E-state index >= 15 is 0 Å². The number of fused-ring (bicyclic) bond motifs is 11. The Morgan fingerprint density at radius 1 is 0.470 bits per heavy atom. The number of amides is 4. The van der Waals surface area contributed by atoms with Crippen LogP contribution in [-0.2, 0) is 51.3 Å². The Labute approximate surface area is 691 Å². The number of benzene rings is 5. The Bertz CT molecular complexity index is 5430. The van der Waals surface area contributed by atoms with Crippen molar-refractivity contribution in [3.05, 3.63) is 209 Å². The van der Waals surface area contributed by atoms with Crippen molar-refractivity contribution in [2.24, 2.45) is 23.7 Å². The zero-order valence-electron chi connectivity index (χ0n) is 71.4. The number of aromatic amines is 5. The third kappa shape index (κ3) is 15.6. The lowest BCUT2D eigenvalue weighted by Crippen LogP contribution is -2.49. The highest BCUT2D eigenvalue weighted by molar-refractivity contribution is 6.03. The number of aromatic nitrogens is 5.